The number of ether oxygens (including phenoxy) is 1. The third kappa shape index (κ3) is 4.49. The fraction of sp³-hybridized carbons (Fsp3) is 0.136. The molecular weight excluding hydrogens is 400 g/mol. The summed E-state index contributed by atoms with van der Waals surface area (Å²) >= 11 is 5.40. The molecule has 2 N–H and O–H groups in total. The minimum atomic E-state index is -0.374. The minimum Gasteiger partial charge on any atom is -0.497 e. The maximum absolute atomic E-state index is 11.6. The Morgan fingerprint density at radius 1 is 1.17 bits per heavy atom. The zero-order chi connectivity index (χ0) is 21.1. The van der Waals surface area contributed by atoms with Crippen molar-refractivity contribution in [2.24, 2.45) is 0 Å². The van der Waals surface area contributed by atoms with E-state index in [-0.39, 0.29) is 5.63 Å². The van der Waals surface area contributed by atoms with Gasteiger partial charge in [0.2, 0.25) is 0 Å². The van der Waals surface area contributed by atoms with E-state index in [0.717, 1.165) is 33.6 Å². The zero-order valence-corrected chi connectivity index (χ0v) is 17.3. The number of fused-ring (bicyclic) bond motifs is 1. The number of rotatable bonds is 5. The van der Waals surface area contributed by atoms with E-state index in [1.165, 1.54) is 6.07 Å². The summed E-state index contributed by atoms with van der Waals surface area (Å²) in [5.41, 5.74) is 3.57. The second-order valence-electron chi connectivity index (χ2n) is 6.82. The third-order valence-electron chi connectivity index (χ3n) is 4.58. The normalized spacial score (nSPS) is 10.7. The molecule has 0 amide bonds. The van der Waals surface area contributed by atoms with Crippen LogP contribution in [0.1, 0.15) is 11.1 Å². The Morgan fingerprint density at radius 2 is 2.00 bits per heavy atom. The molecule has 0 aliphatic carbocycles. The van der Waals surface area contributed by atoms with Crippen molar-refractivity contribution in [2.45, 2.75) is 13.5 Å². The molecule has 7 nitrogen and oxygen atoms in total. The van der Waals surface area contributed by atoms with Gasteiger partial charge in [0.1, 0.15) is 11.3 Å². The fourth-order valence-electron chi connectivity index (χ4n) is 3.17. The van der Waals surface area contributed by atoms with Gasteiger partial charge < -0.3 is 19.8 Å². The predicted octanol–water partition coefficient (Wildman–Crippen LogP) is 4.16. The number of aryl methyl sites for hydroxylation is 1. The predicted molar refractivity (Wildman–Crippen MR) is 121 cm³/mol. The van der Waals surface area contributed by atoms with Crippen LogP contribution in [0.25, 0.3) is 11.0 Å². The number of aromatic nitrogens is 2. The van der Waals surface area contributed by atoms with Gasteiger partial charge in [-0.25, -0.2) is 4.79 Å². The van der Waals surface area contributed by atoms with Crippen LogP contribution in [0.4, 0.5) is 11.4 Å². The highest BCUT2D eigenvalue weighted by Gasteiger charge is 2.06. The van der Waals surface area contributed by atoms with E-state index in [0.29, 0.717) is 17.2 Å². The highest BCUT2D eigenvalue weighted by molar-refractivity contribution is 7.80. The number of nitrogens with one attached hydrogen (secondary N) is 2. The van der Waals surface area contributed by atoms with Crippen LogP contribution in [0.3, 0.4) is 0 Å². The molecule has 0 aliphatic heterocycles. The maximum atomic E-state index is 11.6. The number of hydrogen-bond donors (Lipinski definition) is 2. The van der Waals surface area contributed by atoms with Crippen LogP contribution in [-0.2, 0) is 6.54 Å². The first-order valence-electron chi connectivity index (χ1n) is 9.28. The summed E-state index contributed by atoms with van der Waals surface area (Å²) in [6.07, 6.45) is 3.58. The highest BCUT2D eigenvalue weighted by Crippen LogP contribution is 2.21. The van der Waals surface area contributed by atoms with Gasteiger partial charge in [0.05, 0.1) is 25.5 Å². The van der Waals surface area contributed by atoms with E-state index in [2.05, 4.69) is 15.7 Å². The molecule has 8 heteroatoms. The lowest BCUT2D eigenvalue weighted by Gasteiger charge is -2.10. The van der Waals surface area contributed by atoms with Crippen LogP contribution in [0, 0.1) is 6.92 Å². The molecule has 30 heavy (non-hydrogen) atoms. The Balaban J connectivity index is 1.42. The van der Waals surface area contributed by atoms with Crippen molar-refractivity contribution in [1.82, 2.24) is 9.78 Å². The summed E-state index contributed by atoms with van der Waals surface area (Å²) in [5, 5.41) is 11.9. The van der Waals surface area contributed by atoms with Crippen molar-refractivity contribution in [1.29, 1.82) is 0 Å². The van der Waals surface area contributed by atoms with E-state index in [9.17, 15) is 4.79 Å². The lowest BCUT2D eigenvalue weighted by Crippen LogP contribution is -2.18. The third-order valence-corrected chi connectivity index (χ3v) is 4.78. The Hall–Kier alpha value is -3.65. The van der Waals surface area contributed by atoms with Crippen LogP contribution in [-0.4, -0.2) is 22.0 Å². The van der Waals surface area contributed by atoms with E-state index < -0.39 is 0 Å². The SMILES string of the molecule is COc1cccc(Cn2cc(NC(=S)Nc3ccc4c(C)cc(=O)oc4c3)cn2)c1. The number of hydrogen-bond acceptors (Lipinski definition) is 5. The van der Waals surface area contributed by atoms with E-state index in [1.807, 2.05) is 54.2 Å². The van der Waals surface area contributed by atoms with E-state index >= 15 is 0 Å². The van der Waals surface area contributed by atoms with Gasteiger partial charge >= 0.3 is 5.63 Å². The molecule has 0 atom stereocenters. The van der Waals surface area contributed by atoms with Crippen LogP contribution in [0.2, 0.25) is 0 Å². The quantitative estimate of drug-likeness (QED) is 0.371. The molecule has 0 unspecified atom stereocenters. The molecule has 4 aromatic rings. The molecule has 0 aliphatic rings. The molecule has 0 saturated heterocycles. The number of benzene rings is 2. The number of thiocarbonyl (C=S) groups is 1. The Kier molecular flexibility index (Phi) is 5.49. The van der Waals surface area contributed by atoms with E-state index in [1.54, 1.807) is 19.4 Å². The van der Waals surface area contributed by atoms with E-state index in [4.69, 9.17) is 21.4 Å². The van der Waals surface area contributed by atoms with Crippen molar-refractivity contribution >= 4 is 39.7 Å². The molecule has 152 valence electrons. The van der Waals surface area contributed by atoms with Crippen molar-refractivity contribution in [3.8, 4) is 5.75 Å². The first-order chi connectivity index (χ1) is 14.5. The van der Waals surface area contributed by atoms with Crippen LogP contribution in [0.5, 0.6) is 5.75 Å². The van der Waals surface area contributed by atoms with Gasteiger partial charge in [-0.05, 0) is 54.5 Å². The lowest BCUT2D eigenvalue weighted by atomic mass is 10.1. The van der Waals surface area contributed by atoms with Gasteiger partial charge in [0, 0.05) is 29.4 Å². The number of anilines is 2. The highest BCUT2D eigenvalue weighted by atomic mass is 32.1. The number of methoxy groups -OCH3 is 1. The van der Waals surface area contributed by atoms with Gasteiger partial charge in [-0.1, -0.05) is 12.1 Å². The molecular formula is C22H20N4O3S. The second kappa shape index (κ2) is 8.38. The Labute approximate surface area is 178 Å². The average molecular weight is 420 g/mol. The lowest BCUT2D eigenvalue weighted by molar-refractivity contribution is 0.414. The Bertz CT molecular complexity index is 1280. The molecule has 2 heterocycles. The monoisotopic (exact) mass is 420 g/mol. The molecule has 4 rings (SSSR count). The van der Waals surface area contributed by atoms with Crippen LogP contribution in [0.15, 0.2) is 70.1 Å². The topological polar surface area (TPSA) is 81.3 Å². The van der Waals surface area contributed by atoms with Crippen molar-refractivity contribution in [2.75, 3.05) is 17.7 Å². The number of nitrogens with zero attached hydrogens (tertiary/aromatic N) is 2. The summed E-state index contributed by atoms with van der Waals surface area (Å²) in [6.45, 7) is 2.49. The minimum absolute atomic E-state index is 0.374. The second-order valence-corrected chi connectivity index (χ2v) is 7.22. The molecule has 0 fully saturated rings. The Morgan fingerprint density at radius 3 is 2.83 bits per heavy atom. The van der Waals surface area contributed by atoms with Gasteiger partial charge in [-0.2, -0.15) is 5.10 Å². The summed E-state index contributed by atoms with van der Waals surface area (Å²) < 4.78 is 12.3. The average Bonchev–Trinajstić information content (AvgIpc) is 3.14. The smallest absolute Gasteiger partial charge is 0.336 e. The molecule has 0 radical (unpaired) electrons. The van der Waals surface area contributed by atoms with Crippen molar-refractivity contribution in [3.63, 3.8) is 0 Å². The molecule has 0 bridgehead atoms. The fourth-order valence-corrected chi connectivity index (χ4v) is 3.40. The molecule has 2 aromatic heterocycles. The zero-order valence-electron chi connectivity index (χ0n) is 16.5. The van der Waals surface area contributed by atoms with Crippen molar-refractivity contribution in [3.05, 3.63) is 82.5 Å². The first kappa shape index (κ1) is 19.7. The van der Waals surface area contributed by atoms with Gasteiger partial charge in [-0.3, -0.25) is 4.68 Å². The van der Waals surface area contributed by atoms with Crippen LogP contribution >= 0.6 is 12.2 Å². The van der Waals surface area contributed by atoms with Gasteiger partial charge in [0.25, 0.3) is 0 Å². The summed E-state index contributed by atoms with van der Waals surface area (Å²) in [5.74, 6) is 0.810. The standard InChI is InChI=1S/C22H20N4O3S/c1-14-8-21(27)29-20-10-16(6-7-19(14)20)24-22(30)25-17-11-23-26(13-17)12-15-4-3-5-18(9-15)28-2/h3-11,13H,12H2,1-2H3,(H2,24,25,30). The molecule has 2 aromatic carbocycles. The summed E-state index contributed by atoms with van der Waals surface area (Å²) in [4.78, 5) is 11.6. The molecule has 0 saturated carbocycles. The summed E-state index contributed by atoms with van der Waals surface area (Å²) in [7, 11) is 1.65. The van der Waals surface area contributed by atoms with Gasteiger partial charge in [0.15, 0.2) is 5.11 Å². The molecule has 0 spiro atoms. The maximum Gasteiger partial charge on any atom is 0.336 e. The first-order valence-corrected chi connectivity index (χ1v) is 9.69. The van der Waals surface area contributed by atoms with Crippen LogP contribution < -0.4 is 21.0 Å². The largest absolute Gasteiger partial charge is 0.497 e. The summed E-state index contributed by atoms with van der Waals surface area (Å²) in [6, 6.07) is 14.9. The van der Waals surface area contributed by atoms with Crippen molar-refractivity contribution < 1.29 is 9.15 Å². The van der Waals surface area contributed by atoms with Gasteiger partial charge in [-0.15, -0.1) is 0 Å².